The van der Waals surface area contributed by atoms with Crippen LogP contribution in [0.4, 0.5) is 5.69 Å². The van der Waals surface area contributed by atoms with Crippen LogP contribution in [0.2, 0.25) is 0 Å². The molecule has 0 spiro atoms. The van der Waals surface area contributed by atoms with E-state index in [0.717, 1.165) is 17.7 Å². The van der Waals surface area contributed by atoms with Crippen LogP contribution in [0.25, 0.3) is 5.76 Å². The van der Waals surface area contributed by atoms with E-state index in [1.807, 2.05) is 6.07 Å². The zero-order chi connectivity index (χ0) is 20.1. The fourth-order valence-electron chi connectivity index (χ4n) is 2.35. The third-order valence-electron chi connectivity index (χ3n) is 3.71. The molecule has 0 aromatic heterocycles. The number of nitro benzene ring substituents is 1. The highest BCUT2D eigenvalue weighted by molar-refractivity contribution is 6.03. The Hall–Kier alpha value is -4.06. The fraction of sp³-hybridized carbons (Fsp3) is 0.111. The van der Waals surface area contributed by atoms with Gasteiger partial charge in [-0.1, -0.05) is 30.3 Å². The summed E-state index contributed by atoms with van der Waals surface area (Å²) in [7, 11) is 1.43. The lowest BCUT2D eigenvalue weighted by molar-refractivity contribution is -0.386. The summed E-state index contributed by atoms with van der Waals surface area (Å²) in [5.41, 5.74) is -1.09. The van der Waals surface area contributed by atoms with Crippen molar-refractivity contribution in [3.05, 3.63) is 69.3 Å². The number of amides is 1. The molecule has 2 aromatic rings. The number of hydrogen-bond donors (Lipinski definition) is 3. The maximum absolute atomic E-state index is 12.5. The molecule has 27 heavy (non-hydrogen) atoms. The number of nitrogens with zero attached hydrogens (tertiary/aromatic N) is 3. The van der Waals surface area contributed by atoms with Crippen LogP contribution >= 0.6 is 0 Å². The molecule has 0 saturated carbocycles. The first-order chi connectivity index (χ1) is 12.8. The lowest BCUT2D eigenvalue weighted by Gasteiger charge is -2.17. The van der Waals surface area contributed by atoms with Crippen LogP contribution in [0.5, 0.6) is 11.5 Å². The summed E-state index contributed by atoms with van der Waals surface area (Å²) < 4.78 is 0. The van der Waals surface area contributed by atoms with Crippen molar-refractivity contribution in [3.8, 4) is 17.6 Å². The van der Waals surface area contributed by atoms with Crippen LogP contribution in [-0.2, 0) is 11.3 Å². The van der Waals surface area contributed by atoms with Gasteiger partial charge in [0.1, 0.15) is 11.8 Å². The molecule has 0 aliphatic heterocycles. The minimum atomic E-state index is -0.984. The number of aromatic hydroxyl groups is 2. The van der Waals surface area contributed by atoms with Gasteiger partial charge in [-0.15, -0.1) is 0 Å². The molecule has 0 unspecified atom stereocenters. The Morgan fingerprint density at radius 1 is 1.26 bits per heavy atom. The Kier molecular flexibility index (Phi) is 5.62. The van der Waals surface area contributed by atoms with Crippen molar-refractivity contribution in [2.45, 2.75) is 6.54 Å². The summed E-state index contributed by atoms with van der Waals surface area (Å²) in [5.74, 6) is -3.51. The number of benzene rings is 2. The number of hydrogen-bond acceptors (Lipinski definition) is 7. The largest absolute Gasteiger partial charge is 0.506 e. The normalized spacial score (nSPS) is 11.3. The Bertz CT molecular complexity index is 963. The summed E-state index contributed by atoms with van der Waals surface area (Å²) >= 11 is 0. The van der Waals surface area contributed by atoms with Gasteiger partial charge in [-0.2, -0.15) is 5.26 Å². The van der Waals surface area contributed by atoms with Crippen LogP contribution in [0.3, 0.4) is 0 Å². The number of rotatable bonds is 5. The summed E-state index contributed by atoms with van der Waals surface area (Å²) in [6, 6.07) is 12.1. The average Bonchev–Trinajstić information content (AvgIpc) is 2.64. The smallest absolute Gasteiger partial charge is 0.315 e. The van der Waals surface area contributed by atoms with Crippen molar-refractivity contribution in [2.75, 3.05) is 7.05 Å². The van der Waals surface area contributed by atoms with Gasteiger partial charge in [0.2, 0.25) is 5.75 Å². The number of phenolic OH excluding ortho intramolecular Hbond substituents is 2. The number of carbonyl (C=O) groups is 1. The second-order valence-electron chi connectivity index (χ2n) is 5.60. The molecule has 3 N–H and O–H groups in total. The van der Waals surface area contributed by atoms with Crippen LogP contribution in [0.1, 0.15) is 11.1 Å². The highest BCUT2D eigenvalue weighted by atomic mass is 16.6. The number of aliphatic hydroxyl groups is 1. The fourth-order valence-corrected chi connectivity index (χ4v) is 2.35. The quantitative estimate of drug-likeness (QED) is 0.183. The van der Waals surface area contributed by atoms with Crippen molar-refractivity contribution in [3.63, 3.8) is 0 Å². The Morgan fingerprint density at radius 2 is 1.89 bits per heavy atom. The van der Waals surface area contributed by atoms with E-state index in [4.69, 9.17) is 0 Å². The lowest BCUT2D eigenvalue weighted by atomic mass is 10.1. The topological polar surface area (TPSA) is 148 Å². The van der Waals surface area contributed by atoms with Crippen LogP contribution in [-0.4, -0.2) is 38.1 Å². The monoisotopic (exact) mass is 369 g/mol. The lowest BCUT2D eigenvalue weighted by Crippen LogP contribution is -2.28. The van der Waals surface area contributed by atoms with Crippen LogP contribution < -0.4 is 0 Å². The van der Waals surface area contributed by atoms with Gasteiger partial charge in [0.05, 0.1) is 4.92 Å². The number of nitriles is 1. The van der Waals surface area contributed by atoms with Gasteiger partial charge < -0.3 is 20.2 Å². The van der Waals surface area contributed by atoms with Gasteiger partial charge in [-0.25, -0.2) is 0 Å². The molecule has 0 heterocycles. The van der Waals surface area contributed by atoms with E-state index < -0.39 is 39.3 Å². The van der Waals surface area contributed by atoms with E-state index in [0.29, 0.717) is 0 Å². The molecular formula is C18H15N3O6. The number of likely N-dealkylation sites (N-methyl/N-ethyl adjacent to an activating group) is 1. The van der Waals surface area contributed by atoms with E-state index >= 15 is 0 Å². The first-order valence-electron chi connectivity index (χ1n) is 7.59. The second-order valence-corrected chi connectivity index (χ2v) is 5.60. The summed E-state index contributed by atoms with van der Waals surface area (Å²) in [6.45, 7) is 0.166. The minimum Gasteiger partial charge on any atom is -0.506 e. The Morgan fingerprint density at radius 3 is 2.44 bits per heavy atom. The zero-order valence-electron chi connectivity index (χ0n) is 14.2. The molecule has 2 rings (SSSR count). The molecule has 0 saturated heterocycles. The maximum Gasteiger partial charge on any atom is 0.315 e. The Balaban J connectivity index is 2.42. The van der Waals surface area contributed by atoms with E-state index in [1.54, 1.807) is 30.3 Å². The van der Waals surface area contributed by atoms with Crippen LogP contribution in [0.15, 0.2) is 48.0 Å². The predicted octanol–water partition coefficient (Wildman–Crippen LogP) is 2.46. The van der Waals surface area contributed by atoms with Crippen molar-refractivity contribution >= 4 is 17.4 Å². The number of nitro groups is 1. The zero-order valence-corrected chi connectivity index (χ0v) is 14.2. The molecule has 0 fully saturated rings. The van der Waals surface area contributed by atoms with E-state index in [2.05, 4.69) is 0 Å². The summed E-state index contributed by atoms with van der Waals surface area (Å²) in [5, 5.41) is 49.6. The molecule has 2 aromatic carbocycles. The Labute approximate surface area is 153 Å². The molecule has 0 atom stereocenters. The average molecular weight is 369 g/mol. The van der Waals surface area contributed by atoms with Gasteiger partial charge in [-0.05, 0) is 11.6 Å². The van der Waals surface area contributed by atoms with Crippen molar-refractivity contribution in [1.82, 2.24) is 4.90 Å². The number of aliphatic hydroxyl groups excluding tert-OH is 1. The first kappa shape index (κ1) is 19.3. The molecule has 0 bridgehead atoms. The number of carbonyl (C=O) groups excluding carboxylic acids is 1. The van der Waals surface area contributed by atoms with E-state index in [1.165, 1.54) is 11.9 Å². The molecule has 0 aliphatic rings. The highest BCUT2D eigenvalue weighted by Crippen LogP contribution is 2.38. The summed E-state index contributed by atoms with van der Waals surface area (Å²) in [6.07, 6.45) is 0. The van der Waals surface area contributed by atoms with Gasteiger partial charge in [0.15, 0.2) is 11.3 Å². The minimum absolute atomic E-state index is 0.166. The molecule has 138 valence electrons. The van der Waals surface area contributed by atoms with Gasteiger partial charge in [0.25, 0.3) is 5.91 Å². The second kappa shape index (κ2) is 7.88. The van der Waals surface area contributed by atoms with Gasteiger partial charge in [-0.3, -0.25) is 14.9 Å². The molecule has 1 amide bonds. The van der Waals surface area contributed by atoms with Gasteiger partial charge in [0, 0.05) is 25.2 Å². The molecule has 0 aliphatic carbocycles. The molecule has 9 heteroatoms. The van der Waals surface area contributed by atoms with Crippen molar-refractivity contribution in [1.29, 1.82) is 5.26 Å². The SMILES string of the molecule is CN(Cc1ccccc1)C(=O)/C(C#N)=C(\O)c1cc(O)c(O)c([N+](=O)[O-])c1. The van der Waals surface area contributed by atoms with Gasteiger partial charge >= 0.3 is 5.69 Å². The molecular weight excluding hydrogens is 354 g/mol. The third kappa shape index (κ3) is 4.13. The molecule has 9 nitrogen and oxygen atoms in total. The third-order valence-corrected chi connectivity index (χ3v) is 3.71. The van der Waals surface area contributed by atoms with Crippen molar-refractivity contribution in [2.24, 2.45) is 0 Å². The standard InChI is InChI=1S/C18H15N3O6/c1-20(10-11-5-3-2-4-6-11)18(25)13(9-19)16(23)12-7-14(21(26)27)17(24)15(22)8-12/h2-8,22-24H,10H2,1H3/b16-13-. The number of phenols is 2. The van der Waals surface area contributed by atoms with E-state index in [9.17, 15) is 35.5 Å². The van der Waals surface area contributed by atoms with Crippen LogP contribution in [0, 0.1) is 21.4 Å². The molecule has 0 radical (unpaired) electrons. The summed E-state index contributed by atoms with van der Waals surface area (Å²) in [4.78, 5) is 23.7. The van der Waals surface area contributed by atoms with Crippen molar-refractivity contribution < 1.29 is 25.0 Å². The first-order valence-corrected chi connectivity index (χ1v) is 7.59. The van der Waals surface area contributed by atoms with E-state index in [-0.39, 0.29) is 12.1 Å². The predicted molar refractivity (Wildman–Crippen MR) is 94.5 cm³/mol. The highest BCUT2D eigenvalue weighted by Gasteiger charge is 2.25. The maximum atomic E-state index is 12.5.